The number of hydrogen-bond acceptors (Lipinski definition) is 2. The smallest absolute Gasteiger partial charge is 0.253 e. The monoisotopic (exact) mass is 292 g/mol. The topological polar surface area (TPSA) is 42.0 Å². The molecule has 104 valence electrons. The molecule has 1 aromatic carbocycles. The summed E-state index contributed by atoms with van der Waals surface area (Å²) in [5.74, 6) is -0.634. The third-order valence-corrected chi connectivity index (χ3v) is 3.19. The molecule has 1 heterocycles. The van der Waals surface area contributed by atoms with Crippen LogP contribution in [0.1, 0.15) is 15.9 Å². The van der Waals surface area contributed by atoms with Gasteiger partial charge in [0.15, 0.2) is 0 Å². The van der Waals surface area contributed by atoms with Crippen LogP contribution in [0.5, 0.6) is 0 Å². The molecule has 0 saturated heterocycles. The number of hydrogen-bond donors (Lipinski definition) is 1. The lowest BCUT2D eigenvalue weighted by atomic mass is 10.1. The van der Waals surface area contributed by atoms with Crippen LogP contribution in [0.4, 0.5) is 4.39 Å². The molecule has 0 aliphatic heterocycles. The molecule has 3 nitrogen and oxygen atoms in total. The van der Waals surface area contributed by atoms with Gasteiger partial charge in [-0.25, -0.2) is 4.39 Å². The fourth-order valence-corrected chi connectivity index (χ4v) is 2.03. The molecule has 0 bridgehead atoms. The number of carbonyl (C=O) groups excluding carboxylic acids is 1. The summed E-state index contributed by atoms with van der Waals surface area (Å²) < 4.78 is 13.0. The van der Waals surface area contributed by atoms with Crippen molar-refractivity contribution in [1.29, 1.82) is 0 Å². The van der Waals surface area contributed by atoms with Crippen molar-refractivity contribution >= 4 is 17.5 Å². The van der Waals surface area contributed by atoms with Gasteiger partial charge in [0, 0.05) is 18.1 Å². The standard InChI is InChI=1S/C15H14ClFN2O/c16-8-14(6-11-4-2-1-3-5-11)19-15(20)12-7-13(17)10-18-9-12/h1-5,7,9-10,14H,6,8H2,(H,19,20). The second-order valence-electron chi connectivity index (χ2n) is 4.41. The van der Waals surface area contributed by atoms with Crippen LogP contribution in [0.15, 0.2) is 48.8 Å². The molecule has 1 N–H and O–H groups in total. The molecule has 1 atom stereocenters. The van der Waals surface area contributed by atoms with E-state index in [1.807, 2.05) is 30.3 Å². The Kier molecular flexibility index (Phi) is 5.07. The average Bonchev–Trinajstić information content (AvgIpc) is 2.47. The summed E-state index contributed by atoms with van der Waals surface area (Å²) in [5, 5.41) is 2.78. The fourth-order valence-electron chi connectivity index (χ4n) is 1.85. The summed E-state index contributed by atoms with van der Waals surface area (Å²) in [7, 11) is 0. The number of nitrogens with zero attached hydrogens (tertiary/aromatic N) is 1. The molecule has 2 aromatic rings. The number of aromatic nitrogens is 1. The van der Waals surface area contributed by atoms with E-state index in [9.17, 15) is 9.18 Å². The Morgan fingerprint density at radius 3 is 2.70 bits per heavy atom. The van der Waals surface area contributed by atoms with E-state index in [2.05, 4.69) is 10.3 Å². The molecule has 0 aliphatic rings. The highest BCUT2D eigenvalue weighted by Gasteiger charge is 2.14. The van der Waals surface area contributed by atoms with Crippen LogP contribution in [-0.4, -0.2) is 22.8 Å². The molecule has 0 saturated carbocycles. The highest BCUT2D eigenvalue weighted by atomic mass is 35.5. The highest BCUT2D eigenvalue weighted by molar-refractivity contribution is 6.18. The summed E-state index contributed by atoms with van der Waals surface area (Å²) >= 11 is 5.88. The van der Waals surface area contributed by atoms with Crippen LogP contribution in [0.3, 0.4) is 0 Å². The first-order chi connectivity index (χ1) is 9.69. The van der Waals surface area contributed by atoms with E-state index in [1.54, 1.807) is 0 Å². The normalized spacial score (nSPS) is 11.9. The minimum atomic E-state index is -0.539. The average molecular weight is 293 g/mol. The maximum atomic E-state index is 13.0. The number of benzene rings is 1. The zero-order valence-electron chi connectivity index (χ0n) is 10.7. The first kappa shape index (κ1) is 14.5. The second-order valence-corrected chi connectivity index (χ2v) is 4.71. The Hall–Kier alpha value is -1.94. The first-order valence-electron chi connectivity index (χ1n) is 6.20. The van der Waals surface area contributed by atoms with Gasteiger partial charge in [-0.05, 0) is 18.1 Å². The van der Waals surface area contributed by atoms with Crippen molar-refractivity contribution < 1.29 is 9.18 Å². The molecular weight excluding hydrogens is 279 g/mol. The molecule has 0 aliphatic carbocycles. The Morgan fingerprint density at radius 1 is 1.30 bits per heavy atom. The number of alkyl halides is 1. The highest BCUT2D eigenvalue weighted by Crippen LogP contribution is 2.06. The zero-order valence-corrected chi connectivity index (χ0v) is 11.5. The zero-order chi connectivity index (χ0) is 14.4. The molecule has 0 spiro atoms. The van der Waals surface area contributed by atoms with Crippen LogP contribution in [0, 0.1) is 5.82 Å². The van der Waals surface area contributed by atoms with Gasteiger partial charge >= 0.3 is 0 Å². The number of rotatable bonds is 5. The van der Waals surface area contributed by atoms with E-state index >= 15 is 0 Å². The summed E-state index contributed by atoms with van der Waals surface area (Å²) in [5.41, 5.74) is 1.27. The predicted octanol–water partition coefficient (Wildman–Crippen LogP) is 2.80. The van der Waals surface area contributed by atoms with E-state index in [0.717, 1.165) is 17.8 Å². The Morgan fingerprint density at radius 2 is 2.05 bits per heavy atom. The fraction of sp³-hybridized carbons (Fsp3) is 0.200. The lowest BCUT2D eigenvalue weighted by Gasteiger charge is -2.16. The van der Waals surface area contributed by atoms with Gasteiger partial charge in [-0.3, -0.25) is 9.78 Å². The lowest BCUT2D eigenvalue weighted by molar-refractivity contribution is 0.0939. The van der Waals surface area contributed by atoms with Crippen LogP contribution in [0.25, 0.3) is 0 Å². The Balaban J connectivity index is 2.01. The van der Waals surface area contributed by atoms with Gasteiger partial charge in [0.05, 0.1) is 11.8 Å². The third-order valence-electron chi connectivity index (χ3n) is 2.81. The van der Waals surface area contributed by atoms with Gasteiger partial charge in [-0.2, -0.15) is 0 Å². The van der Waals surface area contributed by atoms with E-state index in [-0.39, 0.29) is 23.4 Å². The van der Waals surface area contributed by atoms with Gasteiger partial charge in [0.1, 0.15) is 5.82 Å². The van der Waals surface area contributed by atoms with Crippen molar-refractivity contribution in [2.45, 2.75) is 12.5 Å². The predicted molar refractivity (Wildman–Crippen MR) is 76.3 cm³/mol. The maximum Gasteiger partial charge on any atom is 0.253 e. The largest absolute Gasteiger partial charge is 0.348 e. The van der Waals surface area contributed by atoms with E-state index in [1.165, 1.54) is 6.20 Å². The van der Waals surface area contributed by atoms with Gasteiger partial charge in [0.2, 0.25) is 0 Å². The number of carbonyl (C=O) groups is 1. The van der Waals surface area contributed by atoms with Crippen LogP contribution in [0.2, 0.25) is 0 Å². The van der Waals surface area contributed by atoms with E-state index < -0.39 is 5.82 Å². The van der Waals surface area contributed by atoms with Gasteiger partial charge in [-0.15, -0.1) is 11.6 Å². The number of halogens is 2. The molecule has 20 heavy (non-hydrogen) atoms. The number of pyridine rings is 1. The maximum absolute atomic E-state index is 13.0. The van der Waals surface area contributed by atoms with Gasteiger partial charge in [0.25, 0.3) is 5.91 Å². The minimum Gasteiger partial charge on any atom is -0.348 e. The Labute approximate surface area is 121 Å². The second kappa shape index (κ2) is 7.01. The van der Waals surface area contributed by atoms with Gasteiger partial charge in [-0.1, -0.05) is 30.3 Å². The number of amides is 1. The quantitative estimate of drug-likeness (QED) is 0.861. The van der Waals surface area contributed by atoms with E-state index in [0.29, 0.717) is 6.42 Å². The van der Waals surface area contributed by atoms with Crippen LogP contribution >= 0.6 is 11.6 Å². The van der Waals surface area contributed by atoms with Gasteiger partial charge < -0.3 is 5.32 Å². The van der Waals surface area contributed by atoms with Crippen molar-refractivity contribution in [3.63, 3.8) is 0 Å². The summed E-state index contributed by atoms with van der Waals surface area (Å²) in [4.78, 5) is 15.6. The van der Waals surface area contributed by atoms with Crippen LogP contribution < -0.4 is 5.32 Å². The molecule has 1 unspecified atom stereocenters. The molecular formula is C15H14ClFN2O. The minimum absolute atomic E-state index is 0.188. The first-order valence-corrected chi connectivity index (χ1v) is 6.74. The lowest BCUT2D eigenvalue weighted by Crippen LogP contribution is -2.37. The SMILES string of the molecule is O=C(NC(CCl)Cc1ccccc1)c1cncc(F)c1. The number of nitrogens with one attached hydrogen (secondary N) is 1. The van der Waals surface area contributed by atoms with Crippen molar-refractivity contribution in [1.82, 2.24) is 10.3 Å². The van der Waals surface area contributed by atoms with Crippen molar-refractivity contribution in [2.24, 2.45) is 0 Å². The molecule has 1 aromatic heterocycles. The third kappa shape index (κ3) is 4.03. The van der Waals surface area contributed by atoms with Crippen LogP contribution in [-0.2, 0) is 6.42 Å². The van der Waals surface area contributed by atoms with Crippen molar-refractivity contribution in [3.8, 4) is 0 Å². The molecule has 5 heteroatoms. The molecule has 0 radical (unpaired) electrons. The molecule has 2 rings (SSSR count). The van der Waals surface area contributed by atoms with E-state index in [4.69, 9.17) is 11.6 Å². The summed E-state index contributed by atoms with van der Waals surface area (Å²) in [6.45, 7) is 0. The summed E-state index contributed by atoms with van der Waals surface area (Å²) in [6, 6.07) is 10.7. The molecule has 0 fully saturated rings. The summed E-state index contributed by atoms with van der Waals surface area (Å²) in [6.07, 6.45) is 3.00. The molecule has 1 amide bonds. The van der Waals surface area contributed by atoms with Crippen molar-refractivity contribution in [2.75, 3.05) is 5.88 Å². The van der Waals surface area contributed by atoms with Crippen molar-refractivity contribution in [3.05, 3.63) is 65.7 Å². The Bertz CT molecular complexity index is 577.